The summed E-state index contributed by atoms with van der Waals surface area (Å²) in [7, 11) is 3.21. The Labute approximate surface area is 172 Å². The molecule has 30 heavy (non-hydrogen) atoms. The summed E-state index contributed by atoms with van der Waals surface area (Å²) in [6.07, 6.45) is 1.84. The van der Waals surface area contributed by atoms with Gasteiger partial charge in [-0.3, -0.25) is 13.9 Å². The third-order valence-corrected chi connectivity index (χ3v) is 5.73. The molecule has 1 aliphatic rings. The molecule has 0 bridgehead atoms. The summed E-state index contributed by atoms with van der Waals surface area (Å²) >= 11 is 0. The summed E-state index contributed by atoms with van der Waals surface area (Å²) in [6.45, 7) is 2.49. The van der Waals surface area contributed by atoms with E-state index < -0.39 is 0 Å². The zero-order valence-electron chi connectivity index (χ0n) is 17.0. The van der Waals surface area contributed by atoms with Crippen LogP contribution in [0.4, 0.5) is 5.69 Å². The van der Waals surface area contributed by atoms with E-state index in [-0.39, 0.29) is 17.3 Å². The number of benzene rings is 2. The molecule has 2 aromatic heterocycles. The molecule has 0 aliphatic carbocycles. The molecule has 0 fully saturated rings. The SMILES string of the molecule is CCOc1ccccc1[C@@H]1Nc2ccccc2-n2cc3c(=O)n(C)c(=O)n(C)c3c21. The first-order valence-corrected chi connectivity index (χ1v) is 9.91. The van der Waals surface area contributed by atoms with Crippen molar-refractivity contribution in [3.05, 3.63) is 86.8 Å². The van der Waals surface area contributed by atoms with Gasteiger partial charge in [0.05, 0.1) is 40.6 Å². The highest BCUT2D eigenvalue weighted by atomic mass is 16.5. The molecular formula is C23H22N4O3. The van der Waals surface area contributed by atoms with Crippen LogP contribution in [-0.2, 0) is 14.1 Å². The van der Waals surface area contributed by atoms with Crippen LogP contribution in [0.5, 0.6) is 5.75 Å². The first-order valence-electron chi connectivity index (χ1n) is 9.91. The number of aromatic nitrogens is 3. The number of hydrogen-bond acceptors (Lipinski definition) is 4. The quantitative estimate of drug-likeness (QED) is 0.572. The van der Waals surface area contributed by atoms with Crippen LogP contribution >= 0.6 is 0 Å². The number of nitrogens with one attached hydrogen (secondary N) is 1. The average Bonchev–Trinajstić information content (AvgIpc) is 3.17. The maximum Gasteiger partial charge on any atom is 0.331 e. The van der Waals surface area contributed by atoms with Gasteiger partial charge in [-0.2, -0.15) is 0 Å². The van der Waals surface area contributed by atoms with E-state index in [1.54, 1.807) is 11.6 Å². The molecule has 2 aromatic carbocycles. The molecule has 5 rings (SSSR count). The van der Waals surface area contributed by atoms with Gasteiger partial charge in [-0.25, -0.2) is 4.79 Å². The van der Waals surface area contributed by atoms with Crippen LogP contribution < -0.4 is 21.3 Å². The standard InChI is InChI=1S/C23H22N4O3/c1-4-30-18-12-8-5-9-14(18)19-21-20-15(22(28)26(3)23(29)25(20)2)13-27(21)17-11-7-6-10-16(17)24-19/h5-13,19,24H,4H2,1-3H3/t19-/m0/s1. The van der Waals surface area contributed by atoms with Crippen molar-refractivity contribution in [2.75, 3.05) is 11.9 Å². The molecule has 152 valence electrons. The molecule has 1 N–H and O–H groups in total. The van der Waals surface area contributed by atoms with Crippen molar-refractivity contribution in [2.45, 2.75) is 13.0 Å². The number of hydrogen-bond donors (Lipinski definition) is 1. The highest BCUT2D eigenvalue weighted by Gasteiger charge is 2.32. The maximum atomic E-state index is 12.9. The number of aryl methyl sites for hydroxylation is 1. The van der Waals surface area contributed by atoms with E-state index in [1.807, 2.05) is 66.2 Å². The second kappa shape index (κ2) is 6.66. The Balaban J connectivity index is 1.91. The molecule has 0 saturated heterocycles. The topological polar surface area (TPSA) is 70.2 Å². The summed E-state index contributed by atoms with van der Waals surface area (Å²) in [5.74, 6) is 0.770. The Kier molecular flexibility index (Phi) is 4.06. The number of nitrogens with zero attached hydrogens (tertiary/aromatic N) is 3. The molecule has 7 heteroatoms. The van der Waals surface area contributed by atoms with Gasteiger partial charge in [-0.05, 0) is 25.1 Å². The van der Waals surface area contributed by atoms with Crippen LogP contribution in [0, 0.1) is 0 Å². The monoisotopic (exact) mass is 402 g/mol. The zero-order valence-corrected chi connectivity index (χ0v) is 17.0. The predicted octanol–water partition coefficient (Wildman–Crippen LogP) is 2.94. The van der Waals surface area contributed by atoms with E-state index in [0.29, 0.717) is 17.5 Å². The largest absolute Gasteiger partial charge is 0.494 e. The first-order chi connectivity index (χ1) is 14.5. The number of anilines is 1. The van der Waals surface area contributed by atoms with E-state index in [4.69, 9.17) is 4.74 Å². The van der Waals surface area contributed by atoms with Gasteiger partial charge < -0.3 is 14.6 Å². The highest BCUT2D eigenvalue weighted by Crippen LogP contribution is 2.42. The Morgan fingerprint density at radius 2 is 1.73 bits per heavy atom. The lowest BCUT2D eigenvalue weighted by Gasteiger charge is -2.31. The van der Waals surface area contributed by atoms with E-state index in [2.05, 4.69) is 5.32 Å². The van der Waals surface area contributed by atoms with Crippen molar-refractivity contribution in [3.8, 4) is 11.4 Å². The Morgan fingerprint density at radius 3 is 2.53 bits per heavy atom. The number of rotatable bonds is 3. The van der Waals surface area contributed by atoms with Crippen molar-refractivity contribution < 1.29 is 4.74 Å². The minimum absolute atomic E-state index is 0.294. The highest BCUT2D eigenvalue weighted by molar-refractivity contribution is 5.86. The molecule has 4 aromatic rings. The minimum Gasteiger partial charge on any atom is -0.494 e. The molecule has 0 saturated carbocycles. The predicted molar refractivity (Wildman–Crippen MR) is 117 cm³/mol. The van der Waals surface area contributed by atoms with Crippen LogP contribution in [0.25, 0.3) is 16.6 Å². The molecule has 0 amide bonds. The van der Waals surface area contributed by atoms with Gasteiger partial charge in [0.1, 0.15) is 5.75 Å². The summed E-state index contributed by atoms with van der Waals surface area (Å²) in [6, 6.07) is 15.5. The molecule has 0 unspecified atom stereocenters. The lowest BCUT2D eigenvalue weighted by molar-refractivity contribution is 0.335. The molecule has 1 atom stereocenters. The van der Waals surface area contributed by atoms with Crippen LogP contribution in [0.3, 0.4) is 0 Å². The van der Waals surface area contributed by atoms with E-state index >= 15 is 0 Å². The molecule has 7 nitrogen and oxygen atoms in total. The minimum atomic E-state index is -0.350. The third kappa shape index (κ3) is 2.45. The smallest absolute Gasteiger partial charge is 0.331 e. The second-order valence-electron chi connectivity index (χ2n) is 7.42. The van der Waals surface area contributed by atoms with Gasteiger partial charge in [0, 0.05) is 25.9 Å². The lowest BCUT2D eigenvalue weighted by atomic mass is 9.98. The number of fused-ring (bicyclic) bond motifs is 5. The van der Waals surface area contributed by atoms with Crippen molar-refractivity contribution in [1.29, 1.82) is 0 Å². The van der Waals surface area contributed by atoms with Gasteiger partial charge in [0.25, 0.3) is 5.56 Å². The van der Waals surface area contributed by atoms with Gasteiger partial charge >= 0.3 is 5.69 Å². The Morgan fingerprint density at radius 1 is 1.00 bits per heavy atom. The fourth-order valence-corrected chi connectivity index (χ4v) is 4.34. The van der Waals surface area contributed by atoms with Crippen LogP contribution in [0.1, 0.15) is 24.2 Å². The van der Waals surface area contributed by atoms with Gasteiger partial charge in [-0.15, -0.1) is 0 Å². The van der Waals surface area contributed by atoms with Crippen molar-refractivity contribution >= 4 is 16.6 Å². The van der Waals surface area contributed by atoms with Crippen LogP contribution in [0.15, 0.2) is 64.3 Å². The van der Waals surface area contributed by atoms with E-state index in [1.165, 1.54) is 7.05 Å². The molecular weight excluding hydrogens is 380 g/mol. The zero-order chi connectivity index (χ0) is 21.0. The van der Waals surface area contributed by atoms with Gasteiger partial charge in [-0.1, -0.05) is 30.3 Å². The van der Waals surface area contributed by atoms with E-state index in [9.17, 15) is 9.59 Å². The van der Waals surface area contributed by atoms with E-state index in [0.717, 1.165) is 32.9 Å². The molecule has 3 heterocycles. The first kappa shape index (κ1) is 18.3. The normalized spacial score (nSPS) is 14.8. The van der Waals surface area contributed by atoms with Crippen LogP contribution in [0.2, 0.25) is 0 Å². The number of para-hydroxylation sites is 3. The molecule has 0 radical (unpaired) electrons. The molecule has 1 aliphatic heterocycles. The number of ether oxygens (including phenoxy) is 1. The Bertz CT molecular complexity index is 1410. The third-order valence-electron chi connectivity index (χ3n) is 5.73. The average molecular weight is 402 g/mol. The second-order valence-corrected chi connectivity index (χ2v) is 7.42. The molecule has 0 spiro atoms. The maximum absolute atomic E-state index is 12.9. The fourth-order valence-electron chi connectivity index (χ4n) is 4.34. The Hall–Kier alpha value is -3.74. The summed E-state index contributed by atoms with van der Waals surface area (Å²) in [5, 5.41) is 4.11. The van der Waals surface area contributed by atoms with Crippen molar-refractivity contribution in [3.63, 3.8) is 0 Å². The van der Waals surface area contributed by atoms with Gasteiger partial charge in [0.2, 0.25) is 0 Å². The van der Waals surface area contributed by atoms with Gasteiger partial charge in [0.15, 0.2) is 0 Å². The van der Waals surface area contributed by atoms with Crippen molar-refractivity contribution in [2.24, 2.45) is 14.1 Å². The lowest BCUT2D eigenvalue weighted by Crippen LogP contribution is -2.37. The van der Waals surface area contributed by atoms with Crippen LogP contribution in [-0.4, -0.2) is 20.3 Å². The fraction of sp³-hybridized carbons (Fsp3) is 0.217. The van der Waals surface area contributed by atoms with Crippen molar-refractivity contribution in [1.82, 2.24) is 13.7 Å². The summed E-state index contributed by atoms with van der Waals surface area (Å²) < 4.78 is 10.6. The summed E-state index contributed by atoms with van der Waals surface area (Å²) in [4.78, 5) is 25.7. The summed E-state index contributed by atoms with van der Waals surface area (Å²) in [5.41, 5.74) is 3.64.